The zero-order valence-corrected chi connectivity index (χ0v) is 25.3. The first kappa shape index (κ1) is 28.0. The van der Waals surface area contributed by atoms with Crippen molar-refractivity contribution in [1.29, 1.82) is 0 Å². The Hall–Kier alpha value is -4.17. The zero-order valence-electron chi connectivity index (χ0n) is 25.3. The highest BCUT2D eigenvalue weighted by molar-refractivity contribution is 6.03. The molecule has 2 aliphatic heterocycles. The summed E-state index contributed by atoms with van der Waals surface area (Å²) in [7, 11) is 4.42. The Morgan fingerprint density at radius 3 is 2.10 bits per heavy atom. The van der Waals surface area contributed by atoms with E-state index in [0.717, 1.165) is 6.42 Å². The van der Waals surface area contributed by atoms with Gasteiger partial charge in [-0.2, -0.15) is 4.58 Å². The van der Waals surface area contributed by atoms with E-state index in [1.807, 2.05) is 0 Å². The molecule has 3 aromatic carbocycles. The van der Waals surface area contributed by atoms with Crippen LogP contribution in [0.25, 0.3) is 0 Å². The van der Waals surface area contributed by atoms with E-state index in [4.69, 9.17) is 0 Å². The maximum Gasteiger partial charge on any atom is 0.209 e. The predicted molar refractivity (Wildman–Crippen MR) is 179 cm³/mol. The number of fused-ring (bicyclic) bond motifs is 3. The Balaban J connectivity index is 1.15. The molecule has 2 heterocycles. The van der Waals surface area contributed by atoms with Crippen LogP contribution < -0.4 is 4.90 Å². The van der Waals surface area contributed by atoms with Gasteiger partial charge in [0.05, 0.1) is 5.41 Å². The van der Waals surface area contributed by atoms with Crippen LogP contribution in [-0.4, -0.2) is 24.4 Å². The minimum atomic E-state index is -0.0775. The lowest BCUT2D eigenvalue weighted by atomic mass is 9.67. The summed E-state index contributed by atoms with van der Waals surface area (Å²) in [5.41, 5.74) is 9.82. The van der Waals surface area contributed by atoms with Gasteiger partial charge < -0.3 is 4.90 Å². The van der Waals surface area contributed by atoms with Gasteiger partial charge >= 0.3 is 0 Å². The van der Waals surface area contributed by atoms with Crippen molar-refractivity contribution in [3.63, 3.8) is 0 Å². The van der Waals surface area contributed by atoms with Crippen molar-refractivity contribution in [2.24, 2.45) is 0 Å². The van der Waals surface area contributed by atoms with Crippen LogP contribution in [-0.2, 0) is 17.3 Å². The van der Waals surface area contributed by atoms with Gasteiger partial charge in [-0.1, -0.05) is 129 Å². The smallest absolute Gasteiger partial charge is 0.209 e. The largest absolute Gasteiger partial charge is 0.347 e. The molecule has 1 spiro atoms. The van der Waals surface area contributed by atoms with E-state index in [9.17, 15) is 0 Å². The minimum absolute atomic E-state index is 0.0775. The van der Waals surface area contributed by atoms with Gasteiger partial charge in [0.1, 0.15) is 7.05 Å². The number of hydrogen-bond acceptors (Lipinski definition) is 1. The molecule has 0 aromatic heterocycles. The van der Waals surface area contributed by atoms with Gasteiger partial charge in [0.2, 0.25) is 5.69 Å². The molecule has 3 aliphatic rings. The third-order valence-electron chi connectivity index (χ3n) is 9.70. The van der Waals surface area contributed by atoms with Crippen molar-refractivity contribution in [3.8, 4) is 0 Å². The summed E-state index contributed by atoms with van der Waals surface area (Å²) in [4.78, 5) is 2.35. The fourth-order valence-corrected chi connectivity index (χ4v) is 7.68. The van der Waals surface area contributed by atoms with E-state index in [0.29, 0.717) is 0 Å². The Morgan fingerprint density at radius 2 is 1.33 bits per heavy atom. The summed E-state index contributed by atoms with van der Waals surface area (Å²) in [6, 6.07) is 28.7. The zero-order chi connectivity index (χ0) is 29.0. The average Bonchev–Trinajstić information content (AvgIpc) is 3.37. The molecule has 1 fully saturated rings. The molecule has 1 atom stereocenters. The lowest BCUT2D eigenvalue weighted by molar-refractivity contribution is -0.401. The highest BCUT2D eigenvalue weighted by Gasteiger charge is 2.50. The van der Waals surface area contributed by atoms with E-state index in [2.05, 4.69) is 164 Å². The van der Waals surface area contributed by atoms with E-state index in [-0.39, 0.29) is 10.8 Å². The molecule has 0 radical (unpaired) electrons. The van der Waals surface area contributed by atoms with Crippen LogP contribution in [0.3, 0.4) is 0 Å². The first-order valence-corrected chi connectivity index (χ1v) is 15.5. The molecule has 2 heteroatoms. The number of nitrogens with zero attached hydrogens (tertiary/aromatic N) is 2. The second-order valence-electron chi connectivity index (χ2n) is 12.2. The molecule has 1 aliphatic carbocycles. The molecule has 2 nitrogen and oxygen atoms in total. The van der Waals surface area contributed by atoms with E-state index < -0.39 is 0 Å². The van der Waals surface area contributed by atoms with Crippen LogP contribution in [0.1, 0.15) is 55.7 Å². The van der Waals surface area contributed by atoms with Crippen LogP contribution in [0.4, 0.5) is 11.4 Å². The molecule has 6 rings (SSSR count). The van der Waals surface area contributed by atoms with Crippen molar-refractivity contribution in [2.45, 2.75) is 56.3 Å². The van der Waals surface area contributed by atoms with Crippen LogP contribution >= 0.6 is 0 Å². The van der Waals surface area contributed by atoms with Gasteiger partial charge in [0, 0.05) is 41.6 Å². The van der Waals surface area contributed by atoms with E-state index in [1.165, 1.54) is 71.6 Å². The minimum Gasteiger partial charge on any atom is -0.347 e. The van der Waals surface area contributed by atoms with Gasteiger partial charge in [0.15, 0.2) is 5.71 Å². The number of rotatable bonds is 7. The Kier molecular flexibility index (Phi) is 7.98. The second kappa shape index (κ2) is 12.0. The molecule has 1 unspecified atom stereocenters. The molecular formula is C40H43N2+. The van der Waals surface area contributed by atoms with Crippen molar-refractivity contribution in [2.75, 3.05) is 19.0 Å². The molecular weight excluding hydrogens is 508 g/mol. The van der Waals surface area contributed by atoms with Crippen LogP contribution in [0, 0.1) is 0 Å². The topological polar surface area (TPSA) is 6.25 Å². The summed E-state index contributed by atoms with van der Waals surface area (Å²) in [5.74, 6) is 0. The fourth-order valence-electron chi connectivity index (χ4n) is 7.68. The quantitative estimate of drug-likeness (QED) is 0.209. The van der Waals surface area contributed by atoms with Crippen molar-refractivity contribution < 1.29 is 4.58 Å². The fraction of sp³-hybridized carbons (Fsp3) is 0.275. The lowest BCUT2D eigenvalue weighted by Gasteiger charge is -2.31. The van der Waals surface area contributed by atoms with Gasteiger partial charge in [-0.15, -0.1) is 0 Å². The maximum absolute atomic E-state index is 2.42. The number of anilines is 1. The second-order valence-corrected chi connectivity index (χ2v) is 12.2. The Morgan fingerprint density at radius 1 is 0.714 bits per heavy atom. The highest BCUT2D eigenvalue weighted by Crippen LogP contribution is 2.50. The molecule has 1 saturated carbocycles. The standard InChI is InChI=1S/C40H43N2/c1-39(31-32-21-11-9-12-22-32)33-23-15-17-25-35(33)41(2)37(39)27-13-7-5-4-6-8-14-28-38-40(29-19-10-20-30-40)34-24-16-18-26-36(34)42(38)3/h4-9,11-18,21-28H,10,19-20,29-31H2,1-3H3/q+1. The van der Waals surface area contributed by atoms with Gasteiger partial charge in [-0.25, -0.2) is 0 Å². The van der Waals surface area contributed by atoms with Gasteiger partial charge in [-0.3, -0.25) is 0 Å². The molecule has 42 heavy (non-hydrogen) atoms. The lowest BCUT2D eigenvalue weighted by Crippen LogP contribution is -2.36. The summed E-state index contributed by atoms with van der Waals surface area (Å²) < 4.78 is 2.42. The SMILES string of the molecule is CN1C(=CC=CC=CC=CC=CC2=[N+](C)c3ccccc3C23CCCCC3)C(C)(Cc2ccccc2)c2ccccc21. The first-order valence-electron chi connectivity index (χ1n) is 15.5. The van der Waals surface area contributed by atoms with Gasteiger partial charge in [-0.05, 0) is 49.5 Å². The Bertz CT molecular complexity index is 1610. The molecule has 3 aromatic rings. The summed E-state index contributed by atoms with van der Waals surface area (Å²) in [5, 5.41) is 0. The summed E-state index contributed by atoms with van der Waals surface area (Å²) in [6.45, 7) is 2.38. The van der Waals surface area contributed by atoms with E-state index >= 15 is 0 Å². The average molecular weight is 552 g/mol. The molecule has 0 N–H and O–H groups in total. The first-order chi connectivity index (χ1) is 20.5. The molecule has 212 valence electrons. The van der Waals surface area contributed by atoms with Crippen molar-refractivity contribution >= 4 is 17.1 Å². The van der Waals surface area contributed by atoms with Crippen LogP contribution in [0.2, 0.25) is 0 Å². The maximum atomic E-state index is 2.42. The number of hydrogen-bond donors (Lipinski definition) is 0. The van der Waals surface area contributed by atoms with Crippen LogP contribution in [0.15, 0.2) is 139 Å². The number of likely N-dealkylation sites (N-methyl/N-ethyl adjacent to an activating group) is 1. The molecule has 0 bridgehead atoms. The predicted octanol–water partition coefficient (Wildman–Crippen LogP) is 9.38. The number of benzene rings is 3. The van der Waals surface area contributed by atoms with Crippen molar-refractivity contribution in [1.82, 2.24) is 0 Å². The summed E-state index contributed by atoms with van der Waals surface area (Å²) in [6.07, 6.45) is 27.1. The van der Waals surface area contributed by atoms with Gasteiger partial charge in [0.25, 0.3) is 0 Å². The third kappa shape index (κ3) is 5.04. The molecule has 0 amide bonds. The number of para-hydroxylation sites is 2. The monoisotopic (exact) mass is 551 g/mol. The summed E-state index contributed by atoms with van der Waals surface area (Å²) >= 11 is 0. The third-order valence-corrected chi connectivity index (χ3v) is 9.70. The van der Waals surface area contributed by atoms with Crippen molar-refractivity contribution in [3.05, 3.63) is 156 Å². The highest BCUT2D eigenvalue weighted by atomic mass is 15.2. The van der Waals surface area contributed by atoms with Crippen LogP contribution in [0.5, 0.6) is 0 Å². The van der Waals surface area contributed by atoms with E-state index in [1.54, 1.807) is 0 Å². The molecule has 0 saturated heterocycles. The Labute approximate surface area is 252 Å². The normalized spacial score (nSPS) is 22.5. The number of allylic oxidation sites excluding steroid dienone is 10.